The van der Waals surface area contributed by atoms with Gasteiger partial charge in [-0.05, 0) is 43.7 Å². The van der Waals surface area contributed by atoms with Crippen LogP contribution in [0.25, 0.3) is 0 Å². The second-order valence-corrected chi connectivity index (χ2v) is 10.3. The molecule has 1 atom stereocenters. The lowest BCUT2D eigenvalue weighted by Gasteiger charge is -2.12. The zero-order valence-electron chi connectivity index (χ0n) is 16.9. The van der Waals surface area contributed by atoms with E-state index in [1.54, 1.807) is 11.1 Å². The highest BCUT2D eigenvalue weighted by molar-refractivity contribution is 7.83. The van der Waals surface area contributed by atoms with E-state index in [1.165, 1.54) is 25.7 Å². The van der Waals surface area contributed by atoms with Gasteiger partial charge in [-0.2, -0.15) is 0 Å². The summed E-state index contributed by atoms with van der Waals surface area (Å²) < 4.78 is 13.7. The van der Waals surface area contributed by atoms with Gasteiger partial charge in [0.25, 0.3) is 0 Å². The van der Waals surface area contributed by atoms with Gasteiger partial charge in [-0.3, -0.25) is 4.57 Å². The Balaban J connectivity index is 1.28. The molecule has 0 radical (unpaired) electrons. The first kappa shape index (κ1) is 19.8. The van der Waals surface area contributed by atoms with Gasteiger partial charge in [0.15, 0.2) is 0 Å². The molecule has 0 aliphatic heterocycles. The summed E-state index contributed by atoms with van der Waals surface area (Å²) in [5.41, 5.74) is 6.62. The minimum atomic E-state index is -2.90. The van der Waals surface area contributed by atoms with Crippen LogP contribution in [0.1, 0.15) is 51.4 Å². The molecule has 0 bridgehead atoms. The Morgan fingerprint density at radius 3 is 2.00 bits per heavy atom. The van der Waals surface area contributed by atoms with Crippen molar-refractivity contribution >= 4 is 17.8 Å². The number of unbranched alkanes of at least 4 members (excludes halogenated alkanes) is 2. The van der Waals surface area contributed by atoms with Crippen molar-refractivity contribution in [3.63, 3.8) is 0 Å². The van der Waals surface area contributed by atoms with E-state index in [-0.39, 0.29) is 0 Å². The van der Waals surface area contributed by atoms with Crippen LogP contribution in [0.2, 0.25) is 0 Å². The molecule has 2 aromatic rings. The van der Waals surface area contributed by atoms with Gasteiger partial charge in [-0.15, -0.1) is 11.8 Å². The SMILES string of the molecule is O=P(C#CCCCC#CCCC1CC1=C1CC1)(c1ccccc1)c1ccccc1. The predicted octanol–water partition coefficient (Wildman–Crippen LogP) is 6.03. The maximum absolute atomic E-state index is 13.7. The van der Waals surface area contributed by atoms with Crippen LogP contribution in [0.5, 0.6) is 0 Å². The van der Waals surface area contributed by atoms with Gasteiger partial charge in [0.1, 0.15) is 0 Å². The molecule has 2 heteroatoms. The Hall–Kier alpha value is -2.47. The highest BCUT2D eigenvalue weighted by Crippen LogP contribution is 2.50. The lowest BCUT2D eigenvalue weighted by Crippen LogP contribution is -2.14. The highest BCUT2D eigenvalue weighted by Gasteiger charge is 2.34. The van der Waals surface area contributed by atoms with Gasteiger partial charge in [0.2, 0.25) is 7.14 Å². The smallest absolute Gasteiger partial charge is 0.210 e. The normalized spacial score (nSPS) is 17.0. The van der Waals surface area contributed by atoms with Gasteiger partial charge in [0.05, 0.1) is 0 Å². The van der Waals surface area contributed by atoms with Gasteiger partial charge < -0.3 is 0 Å². The molecule has 2 aliphatic carbocycles. The molecule has 1 unspecified atom stereocenters. The highest BCUT2D eigenvalue weighted by atomic mass is 31.2. The van der Waals surface area contributed by atoms with Crippen molar-refractivity contribution in [1.82, 2.24) is 0 Å². The fraction of sp³-hybridized carbons (Fsp3) is 0.333. The largest absolute Gasteiger partial charge is 0.300 e. The minimum absolute atomic E-state index is 0.733. The lowest BCUT2D eigenvalue weighted by molar-refractivity contribution is 0.593. The van der Waals surface area contributed by atoms with Crippen LogP contribution in [0.3, 0.4) is 0 Å². The zero-order valence-corrected chi connectivity index (χ0v) is 17.8. The quantitative estimate of drug-likeness (QED) is 0.251. The van der Waals surface area contributed by atoms with Crippen LogP contribution in [0.15, 0.2) is 71.8 Å². The number of hydrogen-bond acceptors (Lipinski definition) is 1. The lowest BCUT2D eigenvalue weighted by atomic mass is 10.2. The first-order valence-electron chi connectivity index (χ1n) is 10.7. The van der Waals surface area contributed by atoms with Crippen LogP contribution in [-0.4, -0.2) is 0 Å². The molecule has 2 aromatic carbocycles. The Labute approximate surface area is 175 Å². The Morgan fingerprint density at radius 2 is 1.38 bits per heavy atom. The third kappa shape index (κ3) is 5.32. The van der Waals surface area contributed by atoms with Crippen molar-refractivity contribution < 1.29 is 4.57 Å². The third-order valence-electron chi connectivity index (χ3n) is 5.58. The zero-order chi connectivity index (χ0) is 19.9. The van der Waals surface area contributed by atoms with Gasteiger partial charge in [0, 0.05) is 29.9 Å². The van der Waals surface area contributed by atoms with E-state index in [2.05, 4.69) is 23.4 Å². The van der Waals surface area contributed by atoms with E-state index in [1.807, 2.05) is 60.7 Å². The Bertz CT molecular complexity index is 992. The van der Waals surface area contributed by atoms with Crippen molar-refractivity contribution in [2.45, 2.75) is 51.4 Å². The van der Waals surface area contributed by atoms with Crippen molar-refractivity contribution in [3.05, 3.63) is 71.8 Å². The van der Waals surface area contributed by atoms with Crippen molar-refractivity contribution in [1.29, 1.82) is 0 Å². The van der Waals surface area contributed by atoms with Crippen molar-refractivity contribution in [2.75, 3.05) is 0 Å². The molecule has 4 rings (SSSR count). The topological polar surface area (TPSA) is 17.1 Å². The molecule has 0 spiro atoms. The molecule has 2 saturated carbocycles. The summed E-state index contributed by atoms with van der Waals surface area (Å²) in [6.07, 6.45) is 8.86. The third-order valence-corrected chi connectivity index (χ3v) is 8.10. The van der Waals surface area contributed by atoms with Crippen LogP contribution in [0, 0.1) is 29.3 Å². The second kappa shape index (κ2) is 9.35. The minimum Gasteiger partial charge on any atom is -0.300 e. The van der Waals surface area contributed by atoms with Crippen molar-refractivity contribution in [3.8, 4) is 23.4 Å². The summed E-state index contributed by atoms with van der Waals surface area (Å²) in [6, 6.07) is 19.2. The van der Waals surface area contributed by atoms with Gasteiger partial charge in [-0.1, -0.05) is 77.7 Å². The average molecular weight is 398 g/mol. The molecule has 0 amide bonds. The molecule has 2 aliphatic rings. The maximum atomic E-state index is 13.7. The molecular weight excluding hydrogens is 371 g/mol. The molecule has 146 valence electrons. The summed E-state index contributed by atoms with van der Waals surface area (Å²) >= 11 is 0. The Kier molecular flexibility index (Phi) is 6.39. The first-order valence-corrected chi connectivity index (χ1v) is 12.4. The van der Waals surface area contributed by atoms with E-state index >= 15 is 0 Å². The number of rotatable bonds is 6. The number of benzene rings is 2. The maximum Gasteiger partial charge on any atom is 0.210 e. The summed E-state index contributed by atoms with van der Waals surface area (Å²) in [5.74, 6) is 10.6. The van der Waals surface area contributed by atoms with Crippen molar-refractivity contribution in [2.24, 2.45) is 5.92 Å². The van der Waals surface area contributed by atoms with Gasteiger partial charge >= 0.3 is 0 Å². The molecule has 0 aromatic heterocycles. The standard InChI is InChI=1S/C27H27OP/c28-29(25-15-9-6-10-16-25,26-17-11-7-12-18-26)21-13-5-3-1-2-4-8-14-24-22-27(24)23-19-20-23/h6-7,9-12,15-18,24H,1,3,5,8,14,19-20,22H2. The van der Waals surface area contributed by atoms with Crippen LogP contribution in [0.4, 0.5) is 0 Å². The number of allylic oxidation sites excluding steroid dienone is 2. The summed E-state index contributed by atoms with van der Waals surface area (Å²) in [5, 5.41) is 1.61. The first-order chi connectivity index (χ1) is 14.3. The molecule has 1 nitrogen and oxygen atoms in total. The molecular formula is C27H27OP. The molecule has 0 saturated heterocycles. The summed E-state index contributed by atoms with van der Waals surface area (Å²) in [4.78, 5) is 0. The van der Waals surface area contributed by atoms with Gasteiger partial charge in [-0.25, -0.2) is 0 Å². The monoisotopic (exact) mass is 398 g/mol. The Morgan fingerprint density at radius 1 is 0.793 bits per heavy atom. The van der Waals surface area contributed by atoms with Crippen LogP contribution in [-0.2, 0) is 4.57 Å². The van der Waals surface area contributed by atoms with E-state index in [4.69, 9.17) is 0 Å². The van der Waals surface area contributed by atoms with E-state index in [0.717, 1.165) is 42.2 Å². The molecule has 2 fully saturated rings. The molecule has 0 N–H and O–H groups in total. The molecule has 29 heavy (non-hydrogen) atoms. The fourth-order valence-electron chi connectivity index (χ4n) is 3.71. The predicted molar refractivity (Wildman–Crippen MR) is 123 cm³/mol. The van der Waals surface area contributed by atoms with E-state index < -0.39 is 7.14 Å². The van der Waals surface area contributed by atoms with E-state index in [0.29, 0.717) is 0 Å². The molecule has 0 heterocycles. The second-order valence-electron chi connectivity index (χ2n) is 7.84. The number of hydrogen-bond donors (Lipinski definition) is 0. The summed E-state index contributed by atoms with van der Waals surface area (Å²) in [7, 11) is -2.90. The summed E-state index contributed by atoms with van der Waals surface area (Å²) in [6.45, 7) is 0. The van der Waals surface area contributed by atoms with Crippen LogP contribution < -0.4 is 10.6 Å². The fourth-order valence-corrected chi connectivity index (χ4v) is 5.78. The average Bonchev–Trinajstić information content (AvgIpc) is 3.68. The van der Waals surface area contributed by atoms with E-state index in [9.17, 15) is 4.57 Å². The van der Waals surface area contributed by atoms with Crippen LogP contribution >= 0.6 is 7.14 Å².